The summed E-state index contributed by atoms with van der Waals surface area (Å²) in [5.74, 6) is 0.690. The highest BCUT2D eigenvalue weighted by Crippen LogP contribution is 2.22. The van der Waals surface area contributed by atoms with E-state index in [1.54, 1.807) is 4.68 Å². The van der Waals surface area contributed by atoms with Gasteiger partial charge in [0.05, 0.1) is 17.5 Å². The molecule has 1 atom stereocenters. The number of carbonyl (C=O) groups is 1. The standard InChI is InChI=1S/C22H27N5OS/c1-5-20(18-8-6-16(4)7-9-18)23-21(28)14-29-22-24-25-26-27(22)19-12-10-17(11-13-19)15(2)3/h6-13,15,20H,5,14H2,1-4H3,(H,23,28)/t20-/m1/s1. The molecule has 3 aromatic rings. The summed E-state index contributed by atoms with van der Waals surface area (Å²) >= 11 is 1.33. The van der Waals surface area contributed by atoms with E-state index in [-0.39, 0.29) is 17.7 Å². The number of nitrogens with one attached hydrogen (secondary N) is 1. The maximum absolute atomic E-state index is 12.5. The third-order valence-electron chi connectivity index (χ3n) is 4.80. The van der Waals surface area contributed by atoms with Crippen LogP contribution in [0.15, 0.2) is 53.7 Å². The first-order valence-corrected chi connectivity index (χ1v) is 10.8. The fourth-order valence-electron chi connectivity index (χ4n) is 3.02. The molecule has 0 saturated carbocycles. The third kappa shape index (κ3) is 5.44. The summed E-state index contributed by atoms with van der Waals surface area (Å²) in [6.45, 7) is 8.44. The Labute approximate surface area is 176 Å². The van der Waals surface area contributed by atoms with Crippen LogP contribution < -0.4 is 5.32 Å². The van der Waals surface area contributed by atoms with E-state index in [1.807, 2.05) is 12.1 Å². The van der Waals surface area contributed by atoms with E-state index in [4.69, 9.17) is 0 Å². The van der Waals surface area contributed by atoms with Crippen LogP contribution in [0.1, 0.15) is 55.8 Å². The van der Waals surface area contributed by atoms with Crippen LogP contribution in [0.2, 0.25) is 0 Å². The Morgan fingerprint density at radius 1 is 1.07 bits per heavy atom. The minimum absolute atomic E-state index is 0.00303. The van der Waals surface area contributed by atoms with E-state index in [2.05, 4.69) is 84.9 Å². The molecule has 0 aliphatic heterocycles. The average Bonchev–Trinajstić information content (AvgIpc) is 3.20. The largest absolute Gasteiger partial charge is 0.349 e. The molecule has 0 fully saturated rings. The predicted octanol–water partition coefficient (Wildman–Crippen LogP) is 4.45. The lowest BCUT2D eigenvalue weighted by Crippen LogP contribution is -2.29. The molecule has 2 aromatic carbocycles. The van der Waals surface area contributed by atoms with E-state index >= 15 is 0 Å². The van der Waals surface area contributed by atoms with Gasteiger partial charge in [-0.15, -0.1) is 5.10 Å². The van der Waals surface area contributed by atoms with Crippen molar-refractivity contribution in [3.63, 3.8) is 0 Å². The van der Waals surface area contributed by atoms with Crippen LogP contribution in [0.4, 0.5) is 0 Å². The summed E-state index contributed by atoms with van der Waals surface area (Å²) in [6, 6.07) is 16.4. The van der Waals surface area contributed by atoms with Gasteiger partial charge in [0.15, 0.2) is 0 Å². The predicted molar refractivity (Wildman–Crippen MR) is 116 cm³/mol. The van der Waals surface area contributed by atoms with E-state index in [0.717, 1.165) is 17.7 Å². The first-order chi connectivity index (χ1) is 14.0. The second kappa shape index (κ2) is 9.69. The Balaban J connectivity index is 1.62. The van der Waals surface area contributed by atoms with Gasteiger partial charge in [0.25, 0.3) is 0 Å². The van der Waals surface area contributed by atoms with Gasteiger partial charge in [-0.3, -0.25) is 4.79 Å². The number of benzene rings is 2. The molecule has 0 radical (unpaired) electrons. The van der Waals surface area contributed by atoms with Crippen molar-refractivity contribution >= 4 is 17.7 Å². The van der Waals surface area contributed by atoms with Crippen LogP contribution in [0.25, 0.3) is 5.69 Å². The number of rotatable bonds is 8. The first-order valence-electron chi connectivity index (χ1n) is 9.85. The van der Waals surface area contributed by atoms with Crippen molar-refractivity contribution in [1.82, 2.24) is 25.5 Å². The quantitative estimate of drug-likeness (QED) is 0.556. The van der Waals surface area contributed by atoms with E-state index in [1.165, 1.54) is 22.9 Å². The van der Waals surface area contributed by atoms with Crippen molar-refractivity contribution in [3.05, 3.63) is 65.2 Å². The van der Waals surface area contributed by atoms with Crippen molar-refractivity contribution in [1.29, 1.82) is 0 Å². The number of nitrogens with zero attached hydrogens (tertiary/aromatic N) is 4. The van der Waals surface area contributed by atoms with Crippen LogP contribution >= 0.6 is 11.8 Å². The fourth-order valence-corrected chi connectivity index (χ4v) is 3.72. The van der Waals surface area contributed by atoms with Gasteiger partial charge in [-0.05, 0) is 52.9 Å². The first kappa shape index (κ1) is 21.0. The molecule has 1 aromatic heterocycles. The maximum Gasteiger partial charge on any atom is 0.230 e. The molecular formula is C22H27N5OS. The van der Waals surface area contributed by atoms with Gasteiger partial charge >= 0.3 is 0 Å². The lowest BCUT2D eigenvalue weighted by atomic mass is 10.0. The Morgan fingerprint density at radius 3 is 2.34 bits per heavy atom. The van der Waals surface area contributed by atoms with E-state index in [9.17, 15) is 4.79 Å². The molecule has 0 aliphatic rings. The Morgan fingerprint density at radius 2 is 1.72 bits per heavy atom. The number of aromatic nitrogens is 4. The van der Waals surface area contributed by atoms with Crippen molar-refractivity contribution in [3.8, 4) is 5.69 Å². The van der Waals surface area contributed by atoms with E-state index in [0.29, 0.717) is 11.1 Å². The van der Waals surface area contributed by atoms with Crippen molar-refractivity contribution in [2.75, 3.05) is 5.75 Å². The molecule has 6 nitrogen and oxygen atoms in total. The molecule has 1 N–H and O–H groups in total. The third-order valence-corrected chi connectivity index (χ3v) is 5.72. The summed E-state index contributed by atoms with van der Waals surface area (Å²) in [7, 11) is 0. The highest BCUT2D eigenvalue weighted by molar-refractivity contribution is 7.99. The molecular weight excluding hydrogens is 382 g/mol. The average molecular weight is 410 g/mol. The summed E-state index contributed by atoms with van der Waals surface area (Å²) in [6.07, 6.45) is 0.833. The molecule has 0 unspecified atom stereocenters. The lowest BCUT2D eigenvalue weighted by molar-refractivity contribution is -0.119. The van der Waals surface area contributed by atoms with Crippen molar-refractivity contribution < 1.29 is 4.79 Å². The number of thioether (sulfide) groups is 1. The maximum atomic E-state index is 12.5. The van der Waals surface area contributed by atoms with Gasteiger partial charge in [-0.2, -0.15) is 4.68 Å². The molecule has 0 bridgehead atoms. The van der Waals surface area contributed by atoms with Gasteiger partial charge < -0.3 is 5.32 Å². The number of tetrazole rings is 1. The summed E-state index contributed by atoms with van der Waals surface area (Å²) in [5, 5.41) is 15.6. The molecule has 152 valence electrons. The van der Waals surface area contributed by atoms with Gasteiger partial charge in [0.1, 0.15) is 0 Å². The number of amides is 1. The van der Waals surface area contributed by atoms with Crippen LogP contribution in [0.5, 0.6) is 0 Å². The number of hydrogen-bond acceptors (Lipinski definition) is 5. The summed E-state index contributed by atoms with van der Waals surface area (Å²) in [4.78, 5) is 12.5. The zero-order chi connectivity index (χ0) is 20.8. The summed E-state index contributed by atoms with van der Waals surface area (Å²) in [5.41, 5.74) is 4.47. The smallest absolute Gasteiger partial charge is 0.230 e. The minimum atomic E-state index is -0.0351. The van der Waals surface area contributed by atoms with Crippen LogP contribution in [-0.2, 0) is 4.79 Å². The topological polar surface area (TPSA) is 72.7 Å². The van der Waals surface area contributed by atoms with Crippen LogP contribution in [0, 0.1) is 6.92 Å². The van der Waals surface area contributed by atoms with Crippen molar-refractivity contribution in [2.45, 2.75) is 51.2 Å². The molecule has 0 saturated heterocycles. The van der Waals surface area contributed by atoms with Gasteiger partial charge in [0.2, 0.25) is 11.1 Å². The molecule has 1 amide bonds. The molecule has 0 aliphatic carbocycles. The lowest BCUT2D eigenvalue weighted by Gasteiger charge is -2.17. The number of carbonyl (C=O) groups excluding carboxylic acids is 1. The van der Waals surface area contributed by atoms with Crippen LogP contribution in [-0.4, -0.2) is 31.9 Å². The second-order valence-electron chi connectivity index (χ2n) is 7.35. The zero-order valence-electron chi connectivity index (χ0n) is 17.3. The minimum Gasteiger partial charge on any atom is -0.349 e. The second-order valence-corrected chi connectivity index (χ2v) is 8.29. The molecule has 29 heavy (non-hydrogen) atoms. The SMILES string of the molecule is CC[C@@H](NC(=O)CSc1nnnn1-c1ccc(C(C)C)cc1)c1ccc(C)cc1. The molecule has 7 heteroatoms. The highest BCUT2D eigenvalue weighted by atomic mass is 32.2. The monoisotopic (exact) mass is 409 g/mol. The van der Waals surface area contributed by atoms with Gasteiger partial charge in [-0.1, -0.05) is 74.5 Å². The van der Waals surface area contributed by atoms with Gasteiger partial charge in [-0.25, -0.2) is 0 Å². The van der Waals surface area contributed by atoms with Gasteiger partial charge in [0, 0.05) is 0 Å². The normalized spacial score (nSPS) is 12.2. The molecule has 0 spiro atoms. The Hall–Kier alpha value is -2.67. The number of aryl methyl sites for hydroxylation is 1. The van der Waals surface area contributed by atoms with Crippen LogP contribution in [0.3, 0.4) is 0 Å². The molecule has 1 heterocycles. The van der Waals surface area contributed by atoms with E-state index < -0.39 is 0 Å². The Bertz CT molecular complexity index is 935. The fraction of sp³-hybridized carbons (Fsp3) is 0.364. The zero-order valence-corrected chi connectivity index (χ0v) is 18.1. The number of hydrogen-bond donors (Lipinski definition) is 1. The summed E-state index contributed by atoms with van der Waals surface area (Å²) < 4.78 is 1.67. The molecule has 3 rings (SSSR count). The Kier molecular flexibility index (Phi) is 7.04. The van der Waals surface area contributed by atoms with Crippen molar-refractivity contribution in [2.24, 2.45) is 0 Å². The highest BCUT2D eigenvalue weighted by Gasteiger charge is 2.15.